The summed E-state index contributed by atoms with van der Waals surface area (Å²) < 4.78 is 22.4. The van der Waals surface area contributed by atoms with Crippen molar-refractivity contribution in [3.8, 4) is 11.5 Å². The van der Waals surface area contributed by atoms with E-state index in [4.69, 9.17) is 18.9 Å². The monoisotopic (exact) mass is 1370 g/mol. The average molecular weight is 1370 g/mol. The van der Waals surface area contributed by atoms with Gasteiger partial charge in [-0.1, -0.05) is 124 Å². The maximum Gasteiger partial charge on any atom is 0.330 e. The van der Waals surface area contributed by atoms with E-state index in [9.17, 15) is 47.9 Å². The van der Waals surface area contributed by atoms with Crippen LogP contribution in [0.3, 0.4) is 0 Å². The highest BCUT2D eigenvalue weighted by molar-refractivity contribution is 6.38. The third-order valence-electron chi connectivity index (χ3n) is 18.1. The summed E-state index contributed by atoms with van der Waals surface area (Å²) in [5, 5.41) is 11.5. The predicted molar refractivity (Wildman–Crippen MR) is 376 cm³/mol. The van der Waals surface area contributed by atoms with Crippen molar-refractivity contribution < 1.29 is 71.7 Å². The SMILES string of the molecule is C=CC(=O)OCC(C)(C)C(=O)C(=O)N1CCCC[C@H]1C(=O)O[C@H](CCc1ccc(OC)c(OC)c1)c1cccc(NC(=O)CCC(=O)N[C@H](C(=O)N[C@@H](Cc2ccc(CNC(=O)Cc3ccccc3)cc2)C(=O)N2CCC[C@@H]2C(=O)N(C)[C@@H](CC(C)C)C(=O)N(C)CC)c2ccccc2)c1. The second kappa shape index (κ2) is 37.1. The van der Waals surface area contributed by atoms with Crippen molar-refractivity contribution in [1.82, 2.24) is 35.6 Å². The number of carbonyl (C=O) groups is 11. The Morgan fingerprint density at radius 2 is 1.32 bits per heavy atom. The molecule has 7 rings (SSSR count). The van der Waals surface area contributed by atoms with E-state index in [0.29, 0.717) is 78.9 Å². The fourth-order valence-corrected chi connectivity index (χ4v) is 12.2. The van der Waals surface area contributed by atoms with Gasteiger partial charge in [-0.05, 0) is 136 Å². The van der Waals surface area contributed by atoms with Crippen molar-refractivity contribution in [1.29, 1.82) is 0 Å². The van der Waals surface area contributed by atoms with Crippen molar-refractivity contribution in [3.05, 3.63) is 173 Å². The number of likely N-dealkylation sites (tertiary alicyclic amines) is 2. The molecule has 0 radical (unpaired) electrons. The van der Waals surface area contributed by atoms with Crippen molar-refractivity contribution in [2.24, 2.45) is 11.3 Å². The number of hydrogen-bond donors (Lipinski definition) is 4. The number of esters is 2. The molecule has 4 N–H and O–H groups in total. The number of piperidine rings is 1. The second-order valence-corrected chi connectivity index (χ2v) is 26.4. The van der Waals surface area contributed by atoms with Crippen molar-refractivity contribution in [2.75, 3.05) is 59.9 Å². The van der Waals surface area contributed by atoms with E-state index in [0.717, 1.165) is 22.8 Å². The number of aryl methyl sites for hydroxylation is 1. The lowest BCUT2D eigenvalue weighted by Gasteiger charge is -2.36. The highest BCUT2D eigenvalue weighted by Crippen LogP contribution is 2.33. The summed E-state index contributed by atoms with van der Waals surface area (Å²) in [6.45, 7) is 12.7. The van der Waals surface area contributed by atoms with Gasteiger partial charge in [-0.15, -0.1) is 0 Å². The van der Waals surface area contributed by atoms with Gasteiger partial charge < -0.3 is 59.8 Å². The lowest BCUT2D eigenvalue weighted by molar-refractivity contribution is -0.165. The molecule has 0 spiro atoms. The first kappa shape index (κ1) is 77.2. The molecule has 2 heterocycles. The summed E-state index contributed by atoms with van der Waals surface area (Å²) in [6.07, 6.45) is 2.51. The topological polar surface area (TPSA) is 286 Å². The molecule has 2 fully saturated rings. The lowest BCUT2D eigenvalue weighted by atomic mass is 9.87. The largest absolute Gasteiger partial charge is 0.493 e. The Morgan fingerprint density at radius 1 is 0.680 bits per heavy atom. The molecule has 534 valence electrons. The van der Waals surface area contributed by atoms with Gasteiger partial charge in [0, 0.05) is 71.3 Å². The quantitative estimate of drug-likeness (QED) is 0.0172. The molecular formula is C77H96N8O15. The first-order chi connectivity index (χ1) is 47.8. The molecule has 0 bridgehead atoms. The molecule has 0 aliphatic carbocycles. The van der Waals surface area contributed by atoms with Gasteiger partial charge in [0.2, 0.25) is 47.1 Å². The van der Waals surface area contributed by atoms with E-state index in [1.165, 1.54) is 42.8 Å². The van der Waals surface area contributed by atoms with Crippen LogP contribution in [-0.2, 0) is 88.0 Å². The molecule has 2 saturated heterocycles. The first-order valence-electron chi connectivity index (χ1n) is 34.2. The number of hydrogen-bond acceptors (Lipinski definition) is 15. The molecule has 5 aromatic rings. The van der Waals surface area contributed by atoms with E-state index in [1.54, 1.807) is 97.9 Å². The number of likely N-dealkylation sites (N-methyl/N-ethyl adjacent to an activating group) is 2. The molecule has 100 heavy (non-hydrogen) atoms. The smallest absolute Gasteiger partial charge is 0.330 e. The number of ketones is 1. The van der Waals surface area contributed by atoms with Gasteiger partial charge in [-0.3, -0.25) is 43.2 Å². The Morgan fingerprint density at radius 3 is 1.99 bits per heavy atom. The Balaban J connectivity index is 1.08. The number of amides is 8. The Bertz CT molecular complexity index is 3690. The minimum Gasteiger partial charge on any atom is -0.493 e. The molecule has 2 aliphatic rings. The third-order valence-corrected chi connectivity index (χ3v) is 18.1. The summed E-state index contributed by atoms with van der Waals surface area (Å²) in [5.41, 5.74) is 2.85. The number of nitrogens with one attached hydrogen (secondary N) is 4. The van der Waals surface area contributed by atoms with Crippen LogP contribution in [0.25, 0.3) is 0 Å². The number of methoxy groups -OCH3 is 2. The maximum absolute atomic E-state index is 15.2. The molecule has 5 aromatic carbocycles. The summed E-state index contributed by atoms with van der Waals surface area (Å²) in [6, 6.07) is 31.6. The number of anilines is 1. The van der Waals surface area contributed by atoms with Crippen LogP contribution in [0.15, 0.2) is 140 Å². The van der Waals surface area contributed by atoms with Gasteiger partial charge in [0.1, 0.15) is 42.9 Å². The number of nitrogens with zero attached hydrogens (tertiary/aromatic N) is 4. The molecule has 23 nitrogen and oxygen atoms in total. The predicted octanol–water partition coefficient (Wildman–Crippen LogP) is 8.13. The minimum atomic E-state index is -1.42. The molecule has 8 amide bonds. The molecule has 2 aliphatic heterocycles. The lowest BCUT2D eigenvalue weighted by Crippen LogP contribution is -2.58. The fraction of sp³-hybridized carbons (Fsp3) is 0.442. The fourth-order valence-electron chi connectivity index (χ4n) is 12.2. The van der Waals surface area contributed by atoms with E-state index in [1.807, 2.05) is 69.3 Å². The van der Waals surface area contributed by atoms with Crippen LogP contribution in [-0.4, -0.2) is 163 Å². The van der Waals surface area contributed by atoms with Crippen LogP contribution < -0.4 is 30.7 Å². The standard InChI is InChI=1S/C77H96N8O15/c1-11-68(89)99-49-77(5,6)70(90)75(95)85-41-20-19-29-60(85)76(96)100-62(37-35-53-36-38-63(97-9)64(45-53)98-10)56-27-21-28-57(47-56)79-65(86)39-40-66(87)81-69(55-25-17-14-18-26-55)71(91)80-58(44-52-31-33-54(34-32-52)48-78-67(88)46-51-23-15-13-16-24-51)72(92)84-42-22-30-59(84)74(94)83(8)61(43-50(3)4)73(93)82(7)12-2/h11,13-18,21,23-28,31-34,36,38,45,47,50,58-62,69H,1,12,19-20,22,29-30,35,37,39-44,46,48-49H2,2-10H3,(H,78,88)(H,79,86)(H,80,91)(H,81,87)/t58-,59+,60-,61-,62+,69-/m0/s1. The van der Waals surface area contributed by atoms with Crippen molar-refractivity contribution >= 4 is 70.7 Å². The highest BCUT2D eigenvalue weighted by Gasteiger charge is 2.44. The summed E-state index contributed by atoms with van der Waals surface area (Å²) >= 11 is 0. The second-order valence-electron chi connectivity index (χ2n) is 26.4. The Kier molecular flexibility index (Phi) is 28.6. The number of rotatable bonds is 34. The zero-order valence-electron chi connectivity index (χ0n) is 58.9. The number of ether oxygens (including phenoxy) is 4. The van der Waals surface area contributed by atoms with Crippen LogP contribution in [0.2, 0.25) is 0 Å². The Labute approximate surface area is 586 Å². The average Bonchev–Trinajstić information content (AvgIpc) is 1.60. The normalized spacial score (nSPS) is 15.5. The summed E-state index contributed by atoms with van der Waals surface area (Å²) in [7, 11) is 6.31. The van der Waals surface area contributed by atoms with Crippen LogP contribution in [0.1, 0.15) is 138 Å². The van der Waals surface area contributed by atoms with Crippen molar-refractivity contribution in [3.63, 3.8) is 0 Å². The molecule has 23 heteroatoms. The van der Waals surface area contributed by atoms with Crippen LogP contribution in [0.5, 0.6) is 11.5 Å². The number of carbonyl (C=O) groups excluding carboxylic acids is 11. The van der Waals surface area contributed by atoms with Gasteiger partial charge in [0.15, 0.2) is 11.5 Å². The maximum atomic E-state index is 15.2. The van der Waals surface area contributed by atoms with Gasteiger partial charge in [-0.2, -0.15) is 0 Å². The van der Waals surface area contributed by atoms with Gasteiger partial charge in [0.25, 0.3) is 5.91 Å². The van der Waals surface area contributed by atoms with Crippen LogP contribution >= 0.6 is 0 Å². The zero-order valence-corrected chi connectivity index (χ0v) is 58.9. The van der Waals surface area contributed by atoms with Crippen LogP contribution in [0.4, 0.5) is 5.69 Å². The molecule has 0 saturated carbocycles. The molecular weight excluding hydrogens is 1280 g/mol. The first-order valence-corrected chi connectivity index (χ1v) is 34.2. The summed E-state index contributed by atoms with van der Waals surface area (Å²) in [4.78, 5) is 159. The van der Waals surface area contributed by atoms with Gasteiger partial charge in [-0.25, -0.2) is 9.59 Å². The van der Waals surface area contributed by atoms with Gasteiger partial charge in [0.05, 0.1) is 26.1 Å². The Hall–Kier alpha value is -10.2. The third kappa shape index (κ3) is 21.7. The number of benzene rings is 5. The minimum absolute atomic E-state index is 0.0355. The van der Waals surface area contributed by atoms with Crippen LogP contribution in [0, 0.1) is 11.3 Å². The van der Waals surface area contributed by atoms with E-state index < -0.39 is 101 Å². The van der Waals surface area contributed by atoms with Gasteiger partial charge >= 0.3 is 11.9 Å². The molecule has 6 atom stereocenters. The van der Waals surface area contributed by atoms with E-state index >= 15 is 4.79 Å². The van der Waals surface area contributed by atoms with Crippen molar-refractivity contribution in [2.45, 2.75) is 155 Å². The molecule has 0 unspecified atom stereocenters. The zero-order chi connectivity index (χ0) is 72.6. The number of Topliss-reactive ketones (excluding diaryl/α,β-unsaturated/α-hetero) is 1. The molecule has 0 aromatic heterocycles. The summed E-state index contributed by atoms with van der Waals surface area (Å²) in [5.74, 6) is -5.53. The highest BCUT2D eigenvalue weighted by atomic mass is 16.5. The van der Waals surface area contributed by atoms with E-state index in [-0.39, 0.29) is 75.9 Å². The van der Waals surface area contributed by atoms with E-state index in [2.05, 4.69) is 27.8 Å².